The molecule has 0 aliphatic heterocycles. The fraction of sp³-hybridized carbons (Fsp3) is 0.0164. The van der Waals surface area contributed by atoms with Crippen LogP contribution < -0.4 is 0 Å². The van der Waals surface area contributed by atoms with Crippen molar-refractivity contribution >= 4 is 43.9 Å². The molecule has 0 saturated heterocycles. The van der Waals surface area contributed by atoms with Crippen molar-refractivity contribution in [1.82, 2.24) is 0 Å². The molecule has 292 valence electrons. The number of fused-ring (bicyclic) bond motifs is 16. The van der Waals surface area contributed by atoms with Crippen LogP contribution in [0, 0.1) is 0 Å². The third-order valence-corrected chi connectivity index (χ3v) is 13.9. The van der Waals surface area contributed by atoms with Crippen LogP contribution in [0.1, 0.15) is 22.3 Å². The summed E-state index contributed by atoms with van der Waals surface area (Å²) in [6.45, 7) is 0. The topological polar surface area (TPSA) is 26.3 Å². The second-order valence-electron chi connectivity index (χ2n) is 17.1. The lowest BCUT2D eigenvalue weighted by atomic mass is 9.70. The van der Waals surface area contributed by atoms with Crippen LogP contribution in [0.3, 0.4) is 0 Å². The van der Waals surface area contributed by atoms with Crippen LogP contribution in [-0.2, 0) is 5.41 Å². The molecule has 0 radical (unpaired) electrons. The molecule has 2 aliphatic carbocycles. The maximum atomic E-state index is 6.13. The van der Waals surface area contributed by atoms with E-state index < -0.39 is 5.41 Å². The number of benzene rings is 10. The Morgan fingerprint density at radius 2 is 0.540 bits per heavy atom. The molecule has 10 aromatic carbocycles. The smallest absolute Gasteiger partial charge is 0.135 e. The molecule has 0 bridgehead atoms. The molecule has 14 rings (SSSR count). The van der Waals surface area contributed by atoms with E-state index in [-0.39, 0.29) is 0 Å². The zero-order valence-electron chi connectivity index (χ0n) is 34.1. The van der Waals surface area contributed by atoms with E-state index in [1.54, 1.807) is 0 Å². The first-order valence-electron chi connectivity index (χ1n) is 21.7. The third kappa shape index (κ3) is 4.89. The largest absolute Gasteiger partial charge is 0.456 e. The predicted octanol–water partition coefficient (Wildman–Crippen LogP) is 16.5. The maximum Gasteiger partial charge on any atom is 0.135 e. The van der Waals surface area contributed by atoms with E-state index >= 15 is 0 Å². The van der Waals surface area contributed by atoms with Gasteiger partial charge in [0.25, 0.3) is 0 Å². The average molecular weight is 801 g/mol. The van der Waals surface area contributed by atoms with Crippen molar-refractivity contribution in [2.45, 2.75) is 5.41 Å². The van der Waals surface area contributed by atoms with Gasteiger partial charge in [0.2, 0.25) is 0 Å². The summed E-state index contributed by atoms with van der Waals surface area (Å²) in [5.41, 5.74) is 23.3. The molecule has 2 aliphatic rings. The summed E-state index contributed by atoms with van der Waals surface area (Å²) in [7, 11) is 0. The van der Waals surface area contributed by atoms with E-state index in [0.29, 0.717) is 0 Å². The van der Waals surface area contributed by atoms with Crippen LogP contribution in [0.25, 0.3) is 111 Å². The standard InChI is InChI=1S/C61H36O2/c1-5-13-53-45(9-1)46-10-2-6-14-54(46)61(53)55-35-43(39-21-17-37(18-22-39)41-27-31-59-51(33-41)49-11-3-7-15-57(49)62-59)25-29-47(55)48-30-26-44(36-56(48)61)40-23-19-38(20-24-40)42-28-32-60-52(34-42)50-12-4-8-16-58(50)63-60/h1-36H. The summed E-state index contributed by atoms with van der Waals surface area (Å²) in [4.78, 5) is 0. The lowest BCUT2D eigenvalue weighted by molar-refractivity contribution is 0.668. The number of hydrogen-bond acceptors (Lipinski definition) is 2. The van der Waals surface area contributed by atoms with Crippen LogP contribution in [-0.4, -0.2) is 0 Å². The lowest BCUT2D eigenvalue weighted by Crippen LogP contribution is -2.26. The van der Waals surface area contributed by atoms with Crippen LogP contribution in [0.15, 0.2) is 227 Å². The van der Waals surface area contributed by atoms with Crippen molar-refractivity contribution in [1.29, 1.82) is 0 Å². The molecule has 2 heterocycles. The minimum atomic E-state index is -0.463. The molecule has 1 spiro atoms. The average Bonchev–Trinajstić information content (AvgIpc) is 4.08. The fourth-order valence-corrected chi connectivity index (χ4v) is 11.0. The summed E-state index contributed by atoms with van der Waals surface area (Å²) in [6.07, 6.45) is 0. The summed E-state index contributed by atoms with van der Waals surface area (Å²) in [5, 5.41) is 4.58. The zero-order valence-corrected chi connectivity index (χ0v) is 34.1. The Morgan fingerprint density at radius 1 is 0.222 bits per heavy atom. The van der Waals surface area contributed by atoms with E-state index in [2.05, 4.69) is 194 Å². The number of rotatable bonds is 4. The number of hydrogen-bond donors (Lipinski definition) is 0. The van der Waals surface area contributed by atoms with Crippen molar-refractivity contribution < 1.29 is 8.83 Å². The van der Waals surface area contributed by atoms with E-state index in [4.69, 9.17) is 8.83 Å². The normalized spacial score (nSPS) is 13.2. The second-order valence-corrected chi connectivity index (χ2v) is 17.1. The Hall–Kier alpha value is -8.20. The quantitative estimate of drug-likeness (QED) is 0.177. The molecule has 0 N–H and O–H groups in total. The van der Waals surface area contributed by atoms with Crippen molar-refractivity contribution in [3.8, 4) is 66.8 Å². The maximum absolute atomic E-state index is 6.13. The highest BCUT2D eigenvalue weighted by molar-refractivity contribution is 6.07. The highest BCUT2D eigenvalue weighted by Crippen LogP contribution is 2.63. The van der Waals surface area contributed by atoms with Crippen molar-refractivity contribution in [2.24, 2.45) is 0 Å². The summed E-state index contributed by atoms with van der Waals surface area (Å²) >= 11 is 0. The third-order valence-electron chi connectivity index (χ3n) is 13.9. The summed E-state index contributed by atoms with van der Waals surface area (Å²) in [6, 6.07) is 80.1. The first kappa shape index (κ1) is 34.5. The number of furan rings is 2. The SMILES string of the molecule is c1ccc2c(c1)-c1ccccc1C21c2cc(-c3ccc(-c4ccc5oc6ccccc6c5c4)cc3)ccc2-c2ccc(-c3ccc(-c4ccc5oc6ccccc6c5c4)cc3)cc21. The molecule has 2 aromatic heterocycles. The van der Waals surface area contributed by atoms with Gasteiger partial charge in [0.05, 0.1) is 5.41 Å². The molecule has 2 nitrogen and oxygen atoms in total. The first-order valence-corrected chi connectivity index (χ1v) is 21.7. The molecule has 63 heavy (non-hydrogen) atoms. The van der Waals surface area contributed by atoms with Crippen molar-refractivity contribution in [2.75, 3.05) is 0 Å². The van der Waals surface area contributed by atoms with Crippen LogP contribution >= 0.6 is 0 Å². The highest BCUT2D eigenvalue weighted by Gasteiger charge is 2.51. The van der Waals surface area contributed by atoms with Crippen molar-refractivity contribution in [3.05, 3.63) is 241 Å². The van der Waals surface area contributed by atoms with Gasteiger partial charge in [-0.05, 0) is 138 Å². The van der Waals surface area contributed by atoms with Gasteiger partial charge in [0, 0.05) is 21.5 Å². The Balaban J connectivity index is 0.876. The van der Waals surface area contributed by atoms with Gasteiger partial charge >= 0.3 is 0 Å². The molecule has 0 amide bonds. The van der Waals surface area contributed by atoms with Gasteiger partial charge in [0.1, 0.15) is 22.3 Å². The van der Waals surface area contributed by atoms with E-state index in [9.17, 15) is 0 Å². The molecule has 0 atom stereocenters. The van der Waals surface area contributed by atoms with Gasteiger partial charge in [-0.3, -0.25) is 0 Å². The lowest BCUT2D eigenvalue weighted by Gasteiger charge is -2.31. The van der Waals surface area contributed by atoms with Crippen LogP contribution in [0.2, 0.25) is 0 Å². The van der Waals surface area contributed by atoms with Crippen LogP contribution in [0.5, 0.6) is 0 Å². The molecule has 2 heteroatoms. The molecule has 0 fully saturated rings. The second kappa shape index (κ2) is 12.9. The van der Waals surface area contributed by atoms with Gasteiger partial charge < -0.3 is 8.83 Å². The van der Waals surface area contributed by atoms with E-state index in [1.807, 2.05) is 24.3 Å². The Bertz CT molecular complexity index is 3590. The Kier molecular flexibility index (Phi) is 7.07. The molecule has 12 aromatic rings. The van der Waals surface area contributed by atoms with E-state index in [1.165, 1.54) is 89.0 Å². The molecule has 0 unspecified atom stereocenters. The first-order chi connectivity index (χ1) is 31.2. The predicted molar refractivity (Wildman–Crippen MR) is 259 cm³/mol. The minimum Gasteiger partial charge on any atom is -0.456 e. The van der Waals surface area contributed by atoms with Gasteiger partial charge in [-0.2, -0.15) is 0 Å². The molecule has 0 saturated carbocycles. The van der Waals surface area contributed by atoms with E-state index in [0.717, 1.165) is 43.9 Å². The Labute approximate surface area is 363 Å². The molecular weight excluding hydrogens is 765 g/mol. The van der Waals surface area contributed by atoms with Crippen molar-refractivity contribution in [3.63, 3.8) is 0 Å². The molecular formula is C61H36O2. The fourth-order valence-electron chi connectivity index (χ4n) is 11.0. The van der Waals surface area contributed by atoms with Crippen LogP contribution in [0.4, 0.5) is 0 Å². The van der Waals surface area contributed by atoms with Gasteiger partial charge in [-0.25, -0.2) is 0 Å². The summed E-state index contributed by atoms with van der Waals surface area (Å²) < 4.78 is 12.3. The zero-order chi connectivity index (χ0) is 41.2. The van der Waals surface area contributed by atoms with Gasteiger partial charge in [-0.1, -0.05) is 170 Å². The minimum absolute atomic E-state index is 0.463. The Morgan fingerprint density at radius 3 is 0.984 bits per heavy atom. The summed E-state index contributed by atoms with van der Waals surface area (Å²) in [5.74, 6) is 0. The monoisotopic (exact) mass is 800 g/mol. The highest BCUT2D eigenvalue weighted by atomic mass is 16.3. The van der Waals surface area contributed by atoms with Gasteiger partial charge in [0.15, 0.2) is 0 Å². The number of para-hydroxylation sites is 2. The van der Waals surface area contributed by atoms with Gasteiger partial charge in [-0.15, -0.1) is 0 Å².